The minimum absolute atomic E-state index is 0.0469. The highest BCUT2D eigenvalue weighted by atomic mass is 16.5. The maximum atomic E-state index is 11.1. The van der Waals surface area contributed by atoms with Crippen molar-refractivity contribution in [3.63, 3.8) is 0 Å². The van der Waals surface area contributed by atoms with Crippen LogP contribution in [0.3, 0.4) is 0 Å². The van der Waals surface area contributed by atoms with Gasteiger partial charge in [0.15, 0.2) is 0 Å². The van der Waals surface area contributed by atoms with Crippen LogP contribution in [-0.4, -0.2) is 17.3 Å². The fourth-order valence-corrected chi connectivity index (χ4v) is 3.52. The lowest BCUT2D eigenvalue weighted by Crippen LogP contribution is -2.17. The van der Waals surface area contributed by atoms with Gasteiger partial charge in [-0.25, -0.2) is 0 Å². The molecular weight excluding hydrogens is 360 g/mol. The molecule has 0 radical (unpaired) electrons. The van der Waals surface area contributed by atoms with Crippen molar-refractivity contribution in [2.24, 2.45) is 0 Å². The molecule has 3 heteroatoms. The van der Waals surface area contributed by atoms with Crippen LogP contribution in [-0.2, 0) is 10.8 Å². The van der Waals surface area contributed by atoms with E-state index in [-0.39, 0.29) is 28.8 Å². The van der Waals surface area contributed by atoms with Crippen molar-refractivity contribution in [2.75, 3.05) is 0 Å². The van der Waals surface area contributed by atoms with Gasteiger partial charge in [-0.3, -0.25) is 0 Å². The molecule has 0 aliphatic rings. The molecule has 0 saturated heterocycles. The third kappa shape index (κ3) is 5.68. The number of hydrogen-bond acceptors (Lipinski definition) is 3. The highest BCUT2D eigenvalue weighted by Gasteiger charge is 2.28. The number of hydrogen-bond donors (Lipinski definition) is 1. The summed E-state index contributed by atoms with van der Waals surface area (Å²) in [5.74, 6) is 1.80. The largest absolute Gasteiger partial charge is 0.507 e. The van der Waals surface area contributed by atoms with E-state index in [4.69, 9.17) is 9.47 Å². The molecule has 2 aromatic carbocycles. The Morgan fingerprint density at radius 3 is 1.66 bits per heavy atom. The summed E-state index contributed by atoms with van der Waals surface area (Å²) >= 11 is 0. The number of rotatable bonds is 5. The lowest BCUT2D eigenvalue weighted by atomic mass is 9.76. The lowest BCUT2D eigenvalue weighted by molar-refractivity contribution is 0.240. The molecule has 0 spiro atoms. The van der Waals surface area contributed by atoms with Gasteiger partial charge < -0.3 is 14.6 Å². The van der Waals surface area contributed by atoms with E-state index in [1.165, 1.54) is 0 Å². The highest BCUT2D eigenvalue weighted by Crippen LogP contribution is 2.46. The van der Waals surface area contributed by atoms with Crippen LogP contribution in [0.2, 0.25) is 0 Å². The SMILES string of the molecule is CC(C)Oc1ccc(-c2c(O)cc(OC(C)C)cc2C(C)(C)C)c(C(C)(C)C)c1. The van der Waals surface area contributed by atoms with Gasteiger partial charge in [0.1, 0.15) is 17.2 Å². The van der Waals surface area contributed by atoms with Crippen molar-refractivity contribution < 1.29 is 14.6 Å². The number of phenols is 1. The number of aromatic hydroxyl groups is 1. The van der Waals surface area contributed by atoms with E-state index in [2.05, 4.69) is 59.7 Å². The zero-order chi connectivity index (χ0) is 22.1. The van der Waals surface area contributed by atoms with E-state index < -0.39 is 0 Å². The van der Waals surface area contributed by atoms with E-state index in [9.17, 15) is 5.11 Å². The first kappa shape index (κ1) is 23.1. The van der Waals surface area contributed by atoms with Crippen LogP contribution in [0.4, 0.5) is 0 Å². The summed E-state index contributed by atoms with van der Waals surface area (Å²) in [6.07, 6.45) is 0.158. The Morgan fingerprint density at radius 2 is 1.17 bits per heavy atom. The molecule has 160 valence electrons. The second-order valence-electron chi connectivity index (χ2n) is 10.4. The minimum atomic E-state index is -0.161. The van der Waals surface area contributed by atoms with Crippen LogP contribution in [0, 0.1) is 0 Å². The molecule has 2 aromatic rings. The molecule has 0 fully saturated rings. The topological polar surface area (TPSA) is 38.7 Å². The van der Waals surface area contributed by atoms with Crippen LogP contribution >= 0.6 is 0 Å². The Morgan fingerprint density at radius 1 is 0.690 bits per heavy atom. The maximum absolute atomic E-state index is 11.1. The monoisotopic (exact) mass is 398 g/mol. The predicted octanol–water partition coefficient (Wildman–Crippen LogP) is 7.23. The standard InChI is InChI=1S/C26H38O3/c1-16(2)28-18-11-12-20(21(13-18)25(5,6)7)24-22(26(8,9)10)14-19(15-23(24)27)29-17(3)4/h11-17,27H,1-10H3. The van der Waals surface area contributed by atoms with Gasteiger partial charge in [0.25, 0.3) is 0 Å². The molecule has 0 atom stereocenters. The molecule has 0 aliphatic carbocycles. The summed E-state index contributed by atoms with van der Waals surface area (Å²) < 4.78 is 11.9. The van der Waals surface area contributed by atoms with Crippen LogP contribution in [0.15, 0.2) is 30.3 Å². The van der Waals surface area contributed by atoms with Crippen molar-refractivity contribution in [1.29, 1.82) is 0 Å². The fraction of sp³-hybridized carbons (Fsp3) is 0.538. The number of benzene rings is 2. The van der Waals surface area contributed by atoms with Gasteiger partial charge in [0, 0.05) is 11.6 Å². The van der Waals surface area contributed by atoms with E-state index in [0.717, 1.165) is 28.0 Å². The second kappa shape index (κ2) is 8.30. The number of ether oxygens (including phenoxy) is 2. The molecule has 1 N–H and O–H groups in total. The van der Waals surface area contributed by atoms with Gasteiger partial charge in [0.05, 0.1) is 12.2 Å². The van der Waals surface area contributed by atoms with E-state index in [1.54, 1.807) is 6.07 Å². The molecule has 29 heavy (non-hydrogen) atoms. The molecule has 0 saturated carbocycles. The summed E-state index contributed by atoms with van der Waals surface area (Å²) in [5, 5.41) is 11.1. The van der Waals surface area contributed by atoms with Crippen molar-refractivity contribution >= 4 is 0 Å². The molecular formula is C26H38O3. The molecule has 0 aromatic heterocycles. The zero-order valence-electron chi connectivity index (χ0n) is 19.8. The molecule has 0 unspecified atom stereocenters. The maximum Gasteiger partial charge on any atom is 0.127 e. The van der Waals surface area contributed by atoms with Crippen molar-refractivity contribution in [1.82, 2.24) is 0 Å². The predicted molar refractivity (Wildman–Crippen MR) is 122 cm³/mol. The summed E-state index contributed by atoms with van der Waals surface area (Å²) in [7, 11) is 0. The fourth-order valence-electron chi connectivity index (χ4n) is 3.52. The minimum Gasteiger partial charge on any atom is -0.507 e. The lowest BCUT2D eigenvalue weighted by Gasteiger charge is -2.29. The van der Waals surface area contributed by atoms with Gasteiger partial charge >= 0.3 is 0 Å². The third-order valence-electron chi connectivity index (χ3n) is 4.71. The molecule has 2 rings (SSSR count). The van der Waals surface area contributed by atoms with E-state index in [0.29, 0.717) is 5.75 Å². The first-order valence-corrected chi connectivity index (χ1v) is 10.6. The summed E-state index contributed by atoms with van der Waals surface area (Å²) in [5.41, 5.74) is 3.85. The van der Waals surface area contributed by atoms with E-state index in [1.807, 2.05) is 33.8 Å². The average molecular weight is 399 g/mol. The zero-order valence-corrected chi connectivity index (χ0v) is 19.8. The third-order valence-corrected chi connectivity index (χ3v) is 4.71. The molecule has 0 amide bonds. The molecule has 0 bridgehead atoms. The normalized spacial score (nSPS) is 12.6. The first-order valence-electron chi connectivity index (χ1n) is 10.6. The number of phenolic OH excluding ortho intramolecular Hbond substituents is 1. The van der Waals surface area contributed by atoms with Crippen molar-refractivity contribution in [2.45, 2.75) is 92.3 Å². The van der Waals surface area contributed by atoms with Gasteiger partial charge in [-0.15, -0.1) is 0 Å². The van der Waals surface area contributed by atoms with Gasteiger partial charge in [-0.1, -0.05) is 47.6 Å². The summed E-state index contributed by atoms with van der Waals surface area (Å²) in [6.45, 7) is 21.1. The molecule has 0 aliphatic heterocycles. The smallest absolute Gasteiger partial charge is 0.127 e. The average Bonchev–Trinajstić information content (AvgIpc) is 2.52. The van der Waals surface area contributed by atoms with E-state index >= 15 is 0 Å². The summed E-state index contributed by atoms with van der Waals surface area (Å²) in [4.78, 5) is 0. The van der Waals surface area contributed by atoms with Gasteiger partial charge in [-0.05, 0) is 73.4 Å². The Kier molecular flexibility index (Phi) is 6.61. The first-order chi connectivity index (χ1) is 13.2. The van der Waals surface area contributed by atoms with Crippen molar-refractivity contribution in [3.05, 3.63) is 41.5 Å². The van der Waals surface area contributed by atoms with Crippen LogP contribution < -0.4 is 9.47 Å². The van der Waals surface area contributed by atoms with Gasteiger partial charge in [-0.2, -0.15) is 0 Å². The Balaban J connectivity index is 2.79. The van der Waals surface area contributed by atoms with Crippen molar-refractivity contribution in [3.8, 4) is 28.4 Å². The second-order valence-corrected chi connectivity index (χ2v) is 10.4. The quantitative estimate of drug-likeness (QED) is 0.577. The Hall–Kier alpha value is -2.16. The molecule has 0 heterocycles. The van der Waals surface area contributed by atoms with Gasteiger partial charge in [0.2, 0.25) is 0 Å². The van der Waals surface area contributed by atoms with Crippen LogP contribution in [0.1, 0.15) is 80.4 Å². The molecule has 3 nitrogen and oxygen atoms in total. The summed E-state index contributed by atoms with van der Waals surface area (Å²) in [6, 6.07) is 9.98. The Labute approximate surface area is 177 Å². The highest BCUT2D eigenvalue weighted by molar-refractivity contribution is 5.80. The van der Waals surface area contributed by atoms with Crippen LogP contribution in [0.5, 0.6) is 17.2 Å². The Bertz CT molecular complexity index is 849. The van der Waals surface area contributed by atoms with Crippen LogP contribution in [0.25, 0.3) is 11.1 Å².